The van der Waals surface area contributed by atoms with Gasteiger partial charge in [-0.05, 0) is 60.4 Å². The Hall–Kier alpha value is -3.13. The number of nitrogens with one attached hydrogen (secondary N) is 2. The lowest BCUT2D eigenvalue weighted by Crippen LogP contribution is -2.45. The van der Waals surface area contributed by atoms with Crippen molar-refractivity contribution in [1.82, 2.24) is 10.6 Å². The van der Waals surface area contributed by atoms with Crippen LogP contribution < -0.4 is 15.4 Å². The molecule has 0 aliphatic rings. The van der Waals surface area contributed by atoms with E-state index in [1.54, 1.807) is 48.5 Å². The summed E-state index contributed by atoms with van der Waals surface area (Å²) in [4.78, 5) is 37.2. The average Bonchev–Trinajstić information content (AvgIpc) is 2.73. The quantitative estimate of drug-likeness (QED) is 0.465. The van der Waals surface area contributed by atoms with Crippen molar-refractivity contribution < 1.29 is 24.2 Å². The van der Waals surface area contributed by atoms with Crippen LogP contribution in [0.4, 0.5) is 0 Å². The van der Waals surface area contributed by atoms with E-state index in [9.17, 15) is 19.5 Å². The van der Waals surface area contributed by atoms with Crippen LogP contribution in [0.2, 0.25) is 0 Å². The molecule has 1 atom stereocenters. The lowest BCUT2D eigenvalue weighted by atomic mass is 10.0. The number of hydrogen-bond donors (Lipinski definition) is 3. The van der Waals surface area contributed by atoms with Crippen LogP contribution in [0.5, 0.6) is 5.75 Å². The first-order chi connectivity index (χ1) is 14.7. The van der Waals surface area contributed by atoms with Crippen molar-refractivity contribution in [3.05, 3.63) is 69.8 Å². The van der Waals surface area contributed by atoms with Gasteiger partial charge in [0, 0.05) is 10.0 Å². The average molecular weight is 489 g/mol. The molecule has 0 aromatic heterocycles. The minimum atomic E-state index is -1.13. The smallest absolute Gasteiger partial charge is 0.326 e. The third kappa shape index (κ3) is 7.57. The molecule has 2 rings (SSSR count). The summed E-state index contributed by atoms with van der Waals surface area (Å²) in [6.45, 7) is 3.73. The second kappa shape index (κ2) is 11.3. The van der Waals surface area contributed by atoms with Crippen molar-refractivity contribution in [3.63, 3.8) is 0 Å². The highest BCUT2D eigenvalue weighted by Crippen LogP contribution is 2.15. The fourth-order valence-electron chi connectivity index (χ4n) is 2.75. The predicted molar refractivity (Wildman–Crippen MR) is 122 cm³/mol. The first-order valence-corrected chi connectivity index (χ1v) is 10.4. The Balaban J connectivity index is 2.30. The Morgan fingerprint density at radius 2 is 1.68 bits per heavy atom. The number of hydrogen-bond acceptors (Lipinski definition) is 4. The Morgan fingerprint density at radius 3 is 2.19 bits per heavy atom. The summed E-state index contributed by atoms with van der Waals surface area (Å²) >= 11 is 3.35. The number of rotatable bonds is 9. The number of carbonyl (C=O) groups is 3. The van der Waals surface area contributed by atoms with Crippen molar-refractivity contribution in [2.24, 2.45) is 5.92 Å². The Morgan fingerprint density at radius 1 is 1.06 bits per heavy atom. The number of methoxy groups -OCH3 is 1. The molecule has 0 unspecified atom stereocenters. The molecule has 2 amide bonds. The topological polar surface area (TPSA) is 105 Å². The maximum atomic E-state index is 12.9. The molecule has 0 bridgehead atoms. The number of ether oxygens (including phenoxy) is 1. The van der Waals surface area contributed by atoms with E-state index in [1.807, 2.05) is 13.8 Å². The molecule has 2 aromatic rings. The van der Waals surface area contributed by atoms with Gasteiger partial charge < -0.3 is 20.5 Å². The van der Waals surface area contributed by atoms with Crippen molar-refractivity contribution in [1.29, 1.82) is 0 Å². The minimum absolute atomic E-state index is 0.0573. The predicted octanol–water partition coefficient (Wildman–Crippen LogP) is 3.84. The van der Waals surface area contributed by atoms with Crippen LogP contribution >= 0.6 is 15.9 Å². The van der Waals surface area contributed by atoms with E-state index in [2.05, 4.69) is 26.6 Å². The van der Waals surface area contributed by atoms with E-state index in [0.29, 0.717) is 16.9 Å². The second-order valence-corrected chi connectivity index (χ2v) is 8.20. The summed E-state index contributed by atoms with van der Waals surface area (Å²) in [6, 6.07) is 12.5. The van der Waals surface area contributed by atoms with Crippen molar-refractivity contribution in [2.45, 2.75) is 26.3 Å². The Bertz CT molecular complexity index is 953. The Labute approximate surface area is 189 Å². The van der Waals surface area contributed by atoms with E-state index in [1.165, 1.54) is 13.2 Å². The summed E-state index contributed by atoms with van der Waals surface area (Å²) in [7, 11) is 1.52. The molecule has 0 radical (unpaired) electrons. The molecule has 164 valence electrons. The molecule has 8 heteroatoms. The molecule has 7 nitrogen and oxygen atoms in total. The van der Waals surface area contributed by atoms with Crippen LogP contribution in [0.25, 0.3) is 6.08 Å². The van der Waals surface area contributed by atoms with Crippen molar-refractivity contribution in [2.75, 3.05) is 7.11 Å². The monoisotopic (exact) mass is 488 g/mol. The van der Waals surface area contributed by atoms with Crippen LogP contribution in [0.1, 0.15) is 36.2 Å². The van der Waals surface area contributed by atoms with Crippen molar-refractivity contribution in [3.8, 4) is 5.75 Å². The zero-order chi connectivity index (χ0) is 23.0. The SMILES string of the molecule is COc1ccc(C(=O)N/C(=C/c2ccc(Br)cc2)C(=O)N[C@@H](CC(C)C)C(=O)O)cc1. The fraction of sp³-hybridized carbons (Fsp3) is 0.261. The van der Waals surface area contributed by atoms with E-state index < -0.39 is 23.8 Å². The zero-order valence-corrected chi connectivity index (χ0v) is 19.1. The van der Waals surface area contributed by atoms with Gasteiger partial charge in [0.1, 0.15) is 17.5 Å². The molecule has 3 N–H and O–H groups in total. The second-order valence-electron chi connectivity index (χ2n) is 7.29. The molecule has 0 saturated heterocycles. The van der Waals surface area contributed by atoms with Crippen molar-refractivity contribution >= 4 is 39.8 Å². The van der Waals surface area contributed by atoms with E-state index in [0.717, 1.165) is 4.47 Å². The normalized spacial score (nSPS) is 12.2. The molecule has 0 aliphatic heterocycles. The van der Waals surface area contributed by atoms with Gasteiger partial charge in [0.05, 0.1) is 7.11 Å². The highest BCUT2D eigenvalue weighted by atomic mass is 79.9. The van der Waals surface area contributed by atoms with Gasteiger partial charge in [-0.1, -0.05) is 41.9 Å². The Kier molecular flexibility index (Phi) is 8.81. The molecular weight excluding hydrogens is 464 g/mol. The van der Waals surface area contributed by atoms with Crippen LogP contribution in [-0.4, -0.2) is 36.0 Å². The van der Waals surface area contributed by atoms with Crippen LogP contribution in [0.3, 0.4) is 0 Å². The van der Waals surface area contributed by atoms with Gasteiger partial charge in [-0.15, -0.1) is 0 Å². The zero-order valence-electron chi connectivity index (χ0n) is 17.5. The molecule has 0 fully saturated rings. The number of carboxylic acids is 1. The number of aliphatic carboxylic acids is 1. The number of amides is 2. The first kappa shape index (κ1) is 24.1. The molecule has 0 saturated carbocycles. The number of carboxylic acid groups (broad SMARTS) is 1. The molecule has 0 spiro atoms. The van der Waals surface area contributed by atoms with Crippen LogP contribution in [-0.2, 0) is 9.59 Å². The van der Waals surface area contributed by atoms with Gasteiger partial charge in [0.2, 0.25) is 0 Å². The fourth-order valence-corrected chi connectivity index (χ4v) is 3.01. The highest BCUT2D eigenvalue weighted by molar-refractivity contribution is 9.10. The van der Waals surface area contributed by atoms with Gasteiger partial charge >= 0.3 is 5.97 Å². The van der Waals surface area contributed by atoms with E-state index >= 15 is 0 Å². The standard InChI is InChI=1S/C23H25BrN2O5/c1-14(2)12-20(23(29)30)26-22(28)19(13-15-4-8-17(24)9-5-15)25-21(27)16-6-10-18(31-3)11-7-16/h4-11,13-14,20H,12H2,1-3H3,(H,25,27)(H,26,28)(H,29,30)/b19-13+/t20-/m0/s1. The third-order valence-corrected chi connectivity index (χ3v) is 4.87. The third-order valence-electron chi connectivity index (χ3n) is 4.34. The maximum Gasteiger partial charge on any atom is 0.326 e. The molecule has 31 heavy (non-hydrogen) atoms. The lowest BCUT2D eigenvalue weighted by molar-refractivity contribution is -0.141. The number of benzene rings is 2. The van der Waals surface area contributed by atoms with Crippen LogP contribution in [0, 0.1) is 5.92 Å². The molecule has 2 aromatic carbocycles. The van der Waals surface area contributed by atoms with Gasteiger partial charge in [0.25, 0.3) is 11.8 Å². The van der Waals surface area contributed by atoms with E-state index in [4.69, 9.17) is 4.74 Å². The van der Waals surface area contributed by atoms with E-state index in [-0.39, 0.29) is 18.0 Å². The van der Waals surface area contributed by atoms with Gasteiger partial charge in [0.15, 0.2) is 0 Å². The number of halogens is 1. The summed E-state index contributed by atoms with van der Waals surface area (Å²) in [5.74, 6) is -1.66. The summed E-state index contributed by atoms with van der Waals surface area (Å²) in [5.41, 5.74) is 0.935. The molecule has 0 aliphatic carbocycles. The maximum absolute atomic E-state index is 12.9. The minimum Gasteiger partial charge on any atom is -0.497 e. The van der Waals surface area contributed by atoms with Gasteiger partial charge in [-0.2, -0.15) is 0 Å². The summed E-state index contributed by atoms with van der Waals surface area (Å²) in [5, 5.41) is 14.5. The van der Waals surface area contributed by atoms with Crippen LogP contribution in [0.15, 0.2) is 58.7 Å². The molecule has 0 heterocycles. The molecular formula is C23H25BrN2O5. The largest absolute Gasteiger partial charge is 0.497 e. The highest BCUT2D eigenvalue weighted by Gasteiger charge is 2.24. The summed E-state index contributed by atoms with van der Waals surface area (Å²) in [6.07, 6.45) is 1.76. The lowest BCUT2D eigenvalue weighted by Gasteiger charge is -2.18. The summed E-state index contributed by atoms with van der Waals surface area (Å²) < 4.78 is 5.95. The van der Waals surface area contributed by atoms with Gasteiger partial charge in [-0.25, -0.2) is 4.79 Å². The van der Waals surface area contributed by atoms with Gasteiger partial charge in [-0.3, -0.25) is 9.59 Å². The number of carbonyl (C=O) groups excluding carboxylic acids is 2. The first-order valence-electron chi connectivity index (χ1n) is 9.66.